The predicted molar refractivity (Wildman–Crippen MR) is 54.0 cm³/mol. The Balaban J connectivity index is 2.09. The average Bonchev–Trinajstić information content (AvgIpc) is 2.15. The molecular formula is C11H23N. The summed E-state index contributed by atoms with van der Waals surface area (Å²) in [7, 11) is 0. The van der Waals surface area contributed by atoms with Crippen molar-refractivity contribution in [2.45, 2.75) is 51.9 Å². The van der Waals surface area contributed by atoms with Crippen LogP contribution in [0.25, 0.3) is 0 Å². The summed E-state index contributed by atoms with van der Waals surface area (Å²) in [5.41, 5.74) is 5.50. The minimum absolute atomic E-state index is 0.883. The van der Waals surface area contributed by atoms with Gasteiger partial charge in [0.2, 0.25) is 0 Å². The molecule has 0 bridgehead atoms. The van der Waals surface area contributed by atoms with Crippen LogP contribution in [0.15, 0.2) is 0 Å². The zero-order valence-electron chi connectivity index (χ0n) is 8.39. The summed E-state index contributed by atoms with van der Waals surface area (Å²) in [6.45, 7) is 3.21. The van der Waals surface area contributed by atoms with Crippen LogP contribution in [0.4, 0.5) is 0 Å². The van der Waals surface area contributed by atoms with Crippen molar-refractivity contribution in [2.75, 3.05) is 6.54 Å². The molecule has 0 spiro atoms. The molecular weight excluding hydrogens is 146 g/mol. The maximum absolute atomic E-state index is 5.50. The van der Waals surface area contributed by atoms with Crippen LogP contribution in [-0.2, 0) is 0 Å². The normalized spacial score (nSPS) is 30.5. The first kappa shape index (κ1) is 10.0. The Kier molecular flexibility index (Phi) is 4.67. The maximum Gasteiger partial charge on any atom is -0.00772 e. The quantitative estimate of drug-likeness (QED) is 0.688. The molecule has 1 nitrogen and oxygen atoms in total. The zero-order valence-corrected chi connectivity index (χ0v) is 8.39. The molecule has 0 aromatic rings. The van der Waals surface area contributed by atoms with Gasteiger partial charge < -0.3 is 5.73 Å². The van der Waals surface area contributed by atoms with Crippen molar-refractivity contribution in [2.24, 2.45) is 17.6 Å². The highest BCUT2D eigenvalue weighted by molar-refractivity contribution is 4.71. The Morgan fingerprint density at radius 3 is 2.17 bits per heavy atom. The first-order valence-corrected chi connectivity index (χ1v) is 5.56. The van der Waals surface area contributed by atoms with Crippen LogP contribution in [0.2, 0.25) is 0 Å². The van der Waals surface area contributed by atoms with E-state index in [9.17, 15) is 0 Å². The molecule has 1 aliphatic carbocycles. The van der Waals surface area contributed by atoms with Gasteiger partial charge in [-0.05, 0) is 31.2 Å². The monoisotopic (exact) mass is 169 g/mol. The standard InChI is InChI=1S/C11H23N/c1-2-10-5-7-11(8-6-10)4-3-9-12/h10-11H,2-9,12H2,1H3. The van der Waals surface area contributed by atoms with Crippen LogP contribution in [0.1, 0.15) is 51.9 Å². The van der Waals surface area contributed by atoms with Crippen LogP contribution in [0, 0.1) is 11.8 Å². The lowest BCUT2D eigenvalue weighted by molar-refractivity contribution is 0.256. The van der Waals surface area contributed by atoms with Gasteiger partial charge in [-0.3, -0.25) is 0 Å². The van der Waals surface area contributed by atoms with E-state index in [0.717, 1.165) is 18.4 Å². The van der Waals surface area contributed by atoms with Gasteiger partial charge in [0.05, 0.1) is 0 Å². The second kappa shape index (κ2) is 5.58. The Morgan fingerprint density at radius 1 is 1.08 bits per heavy atom. The highest BCUT2D eigenvalue weighted by Gasteiger charge is 2.18. The summed E-state index contributed by atoms with van der Waals surface area (Å²) >= 11 is 0. The fourth-order valence-corrected chi connectivity index (χ4v) is 2.33. The van der Waals surface area contributed by atoms with E-state index in [4.69, 9.17) is 5.73 Å². The van der Waals surface area contributed by atoms with Gasteiger partial charge in [-0.25, -0.2) is 0 Å². The van der Waals surface area contributed by atoms with E-state index >= 15 is 0 Å². The summed E-state index contributed by atoms with van der Waals surface area (Å²) in [6, 6.07) is 0. The second-order valence-electron chi connectivity index (χ2n) is 4.23. The van der Waals surface area contributed by atoms with Crippen LogP contribution < -0.4 is 5.73 Å². The van der Waals surface area contributed by atoms with Crippen LogP contribution in [-0.4, -0.2) is 6.54 Å². The Hall–Kier alpha value is -0.0400. The molecule has 0 aromatic heterocycles. The molecule has 0 aliphatic heterocycles. The lowest BCUT2D eigenvalue weighted by Gasteiger charge is -2.27. The van der Waals surface area contributed by atoms with E-state index in [0.29, 0.717) is 0 Å². The first-order valence-electron chi connectivity index (χ1n) is 5.56. The third kappa shape index (κ3) is 3.14. The molecule has 72 valence electrons. The van der Waals surface area contributed by atoms with Crippen LogP contribution in [0.5, 0.6) is 0 Å². The molecule has 0 radical (unpaired) electrons. The summed E-state index contributed by atoms with van der Waals surface area (Å²) in [4.78, 5) is 0. The van der Waals surface area contributed by atoms with Gasteiger partial charge in [0.1, 0.15) is 0 Å². The summed E-state index contributed by atoms with van der Waals surface area (Å²) in [6.07, 6.45) is 9.91. The summed E-state index contributed by atoms with van der Waals surface area (Å²) < 4.78 is 0. The molecule has 1 heteroatoms. The van der Waals surface area contributed by atoms with Crippen molar-refractivity contribution in [3.8, 4) is 0 Å². The third-order valence-corrected chi connectivity index (χ3v) is 3.36. The first-order chi connectivity index (χ1) is 5.86. The van der Waals surface area contributed by atoms with E-state index in [2.05, 4.69) is 6.92 Å². The lowest BCUT2D eigenvalue weighted by Crippen LogP contribution is -2.15. The van der Waals surface area contributed by atoms with Crippen molar-refractivity contribution in [1.29, 1.82) is 0 Å². The molecule has 1 fully saturated rings. The maximum atomic E-state index is 5.50. The van der Waals surface area contributed by atoms with Gasteiger partial charge in [0, 0.05) is 0 Å². The Morgan fingerprint density at radius 2 is 1.67 bits per heavy atom. The van der Waals surface area contributed by atoms with E-state index < -0.39 is 0 Å². The van der Waals surface area contributed by atoms with E-state index in [1.807, 2.05) is 0 Å². The van der Waals surface area contributed by atoms with Gasteiger partial charge in [-0.15, -0.1) is 0 Å². The van der Waals surface area contributed by atoms with Crippen molar-refractivity contribution in [3.05, 3.63) is 0 Å². The Labute approximate surface area is 76.7 Å². The van der Waals surface area contributed by atoms with Gasteiger partial charge >= 0.3 is 0 Å². The van der Waals surface area contributed by atoms with Gasteiger partial charge in [0.25, 0.3) is 0 Å². The molecule has 12 heavy (non-hydrogen) atoms. The molecule has 2 N–H and O–H groups in total. The van der Waals surface area contributed by atoms with Crippen molar-refractivity contribution in [3.63, 3.8) is 0 Å². The number of rotatable bonds is 4. The summed E-state index contributed by atoms with van der Waals surface area (Å²) in [5.74, 6) is 2.05. The van der Waals surface area contributed by atoms with E-state index in [-0.39, 0.29) is 0 Å². The lowest BCUT2D eigenvalue weighted by atomic mass is 9.79. The molecule has 0 atom stereocenters. The zero-order chi connectivity index (χ0) is 8.81. The fraction of sp³-hybridized carbons (Fsp3) is 1.00. The van der Waals surface area contributed by atoms with Gasteiger partial charge in [-0.1, -0.05) is 39.0 Å². The molecule has 1 aliphatic rings. The highest BCUT2D eigenvalue weighted by atomic mass is 14.5. The van der Waals surface area contributed by atoms with E-state index in [1.54, 1.807) is 0 Å². The predicted octanol–water partition coefficient (Wildman–Crippen LogP) is 2.94. The largest absolute Gasteiger partial charge is 0.330 e. The van der Waals surface area contributed by atoms with Crippen LogP contribution >= 0.6 is 0 Å². The molecule has 1 saturated carbocycles. The second-order valence-corrected chi connectivity index (χ2v) is 4.23. The van der Waals surface area contributed by atoms with Gasteiger partial charge in [0.15, 0.2) is 0 Å². The number of nitrogens with two attached hydrogens (primary N) is 1. The SMILES string of the molecule is CCC1CCC(CCCN)CC1. The number of hydrogen-bond donors (Lipinski definition) is 1. The molecule has 0 amide bonds. The molecule has 0 heterocycles. The highest BCUT2D eigenvalue weighted by Crippen LogP contribution is 2.32. The minimum Gasteiger partial charge on any atom is -0.330 e. The fourth-order valence-electron chi connectivity index (χ4n) is 2.33. The van der Waals surface area contributed by atoms with Gasteiger partial charge in [-0.2, -0.15) is 0 Å². The minimum atomic E-state index is 0.883. The van der Waals surface area contributed by atoms with Crippen molar-refractivity contribution in [1.82, 2.24) is 0 Å². The molecule has 0 unspecified atom stereocenters. The topological polar surface area (TPSA) is 26.0 Å². The van der Waals surface area contributed by atoms with Crippen LogP contribution in [0.3, 0.4) is 0 Å². The molecule has 0 saturated heterocycles. The molecule has 1 rings (SSSR count). The number of hydrogen-bond acceptors (Lipinski definition) is 1. The average molecular weight is 169 g/mol. The van der Waals surface area contributed by atoms with Crippen molar-refractivity contribution < 1.29 is 0 Å². The summed E-state index contributed by atoms with van der Waals surface area (Å²) in [5, 5.41) is 0. The molecule has 0 aromatic carbocycles. The van der Waals surface area contributed by atoms with E-state index in [1.165, 1.54) is 44.9 Å². The smallest absolute Gasteiger partial charge is 0.00772 e. The Bertz CT molecular complexity index is 104. The van der Waals surface area contributed by atoms with Crippen molar-refractivity contribution >= 4 is 0 Å². The third-order valence-electron chi connectivity index (χ3n) is 3.36.